The summed E-state index contributed by atoms with van der Waals surface area (Å²) in [7, 11) is 0. The molecule has 1 spiro atoms. The number of nitrogens with zero attached hydrogens (tertiary/aromatic N) is 4. The number of hydrogen-bond donors (Lipinski definition) is 1. The molecule has 4 heterocycles. The van der Waals surface area contributed by atoms with Crippen LogP contribution in [0.4, 0.5) is 5.69 Å². The highest BCUT2D eigenvalue weighted by atomic mass is 16.2. The van der Waals surface area contributed by atoms with Gasteiger partial charge in [0, 0.05) is 25.2 Å². The van der Waals surface area contributed by atoms with Gasteiger partial charge < -0.3 is 10.2 Å². The van der Waals surface area contributed by atoms with Gasteiger partial charge in [0.25, 0.3) is 0 Å². The van der Waals surface area contributed by atoms with Gasteiger partial charge in [-0.05, 0) is 30.9 Å². The summed E-state index contributed by atoms with van der Waals surface area (Å²) in [4.78, 5) is 31.8. The van der Waals surface area contributed by atoms with E-state index in [1.165, 1.54) is 0 Å². The average Bonchev–Trinajstić information content (AvgIpc) is 3.25. The second-order valence-electron chi connectivity index (χ2n) is 7.50. The number of hydrogen-bond acceptors (Lipinski definition) is 4. The van der Waals surface area contributed by atoms with E-state index in [0.717, 1.165) is 29.9 Å². The number of likely N-dealkylation sites (tertiary alicyclic amines) is 1. The fourth-order valence-electron chi connectivity index (χ4n) is 4.68. The Hall–Kier alpha value is -2.70. The number of benzene rings is 1. The molecule has 5 rings (SSSR count). The molecule has 0 bridgehead atoms. The van der Waals surface area contributed by atoms with Crippen LogP contribution < -0.4 is 5.32 Å². The molecule has 1 aromatic heterocycles. The second kappa shape index (κ2) is 5.65. The number of fused-ring (bicyclic) bond motifs is 3. The number of anilines is 1. The van der Waals surface area contributed by atoms with Gasteiger partial charge in [-0.3, -0.25) is 9.59 Å². The average molecular weight is 351 g/mol. The van der Waals surface area contributed by atoms with E-state index in [1.54, 1.807) is 6.33 Å². The Morgan fingerprint density at radius 2 is 2.04 bits per heavy atom. The highest BCUT2D eigenvalue weighted by molar-refractivity contribution is 6.06. The third-order valence-corrected chi connectivity index (χ3v) is 6.21. The molecule has 2 amide bonds. The maximum absolute atomic E-state index is 13.0. The zero-order valence-electron chi connectivity index (χ0n) is 14.5. The lowest BCUT2D eigenvalue weighted by Gasteiger charge is -2.39. The van der Waals surface area contributed by atoms with Gasteiger partial charge in [-0.1, -0.05) is 18.2 Å². The van der Waals surface area contributed by atoms with E-state index in [2.05, 4.69) is 15.4 Å². The lowest BCUT2D eigenvalue weighted by atomic mass is 9.73. The first-order chi connectivity index (χ1) is 12.7. The topological polar surface area (TPSA) is 80.1 Å². The minimum atomic E-state index is -0.473. The van der Waals surface area contributed by atoms with Gasteiger partial charge in [0.1, 0.15) is 12.2 Å². The molecular weight excluding hydrogens is 330 g/mol. The molecule has 2 aromatic rings. The van der Waals surface area contributed by atoms with E-state index in [-0.39, 0.29) is 17.7 Å². The van der Waals surface area contributed by atoms with Crippen LogP contribution in [0.5, 0.6) is 0 Å². The summed E-state index contributed by atoms with van der Waals surface area (Å²) < 4.78 is 1.85. The largest absolute Gasteiger partial charge is 0.342 e. The summed E-state index contributed by atoms with van der Waals surface area (Å²) in [6.45, 7) is 1.86. The van der Waals surface area contributed by atoms with Crippen molar-refractivity contribution < 1.29 is 9.59 Å². The number of carbonyl (C=O) groups is 2. The quantitative estimate of drug-likeness (QED) is 0.841. The molecule has 0 saturated carbocycles. The van der Waals surface area contributed by atoms with Crippen LogP contribution in [0.25, 0.3) is 0 Å². The molecule has 3 aliphatic heterocycles. The lowest BCUT2D eigenvalue weighted by molar-refractivity contribution is -0.140. The van der Waals surface area contributed by atoms with Crippen molar-refractivity contribution in [3.05, 3.63) is 42.0 Å². The van der Waals surface area contributed by atoms with Crippen LogP contribution in [-0.2, 0) is 28.0 Å². The summed E-state index contributed by atoms with van der Waals surface area (Å²) in [5, 5.41) is 7.22. The fourth-order valence-corrected chi connectivity index (χ4v) is 4.68. The molecule has 0 radical (unpaired) electrons. The maximum Gasteiger partial charge on any atom is 0.235 e. The fraction of sp³-hybridized carbons (Fsp3) is 0.474. The molecule has 7 nitrogen and oxygen atoms in total. The van der Waals surface area contributed by atoms with E-state index < -0.39 is 5.41 Å². The second-order valence-corrected chi connectivity index (χ2v) is 7.50. The highest BCUT2D eigenvalue weighted by Gasteiger charge is 2.49. The normalized spacial score (nSPS) is 23.5. The number of aryl methyl sites for hydroxylation is 1. The Morgan fingerprint density at radius 3 is 2.88 bits per heavy atom. The van der Waals surface area contributed by atoms with Crippen molar-refractivity contribution in [1.82, 2.24) is 19.7 Å². The number of nitrogens with one attached hydrogen (secondary N) is 1. The molecule has 3 aliphatic rings. The molecule has 7 heteroatoms. The number of piperidine rings is 1. The minimum Gasteiger partial charge on any atom is -0.342 e. The number of amides is 2. The third-order valence-electron chi connectivity index (χ3n) is 6.21. The molecule has 1 unspecified atom stereocenters. The summed E-state index contributed by atoms with van der Waals surface area (Å²) in [6.07, 6.45) is 4.54. The lowest BCUT2D eigenvalue weighted by Crippen LogP contribution is -2.50. The first-order valence-electron chi connectivity index (χ1n) is 9.24. The Bertz CT molecular complexity index is 882. The molecule has 1 fully saturated rings. The SMILES string of the molecule is O=C(C1CCc2ncnn2C1)N1CCC2(CC1)C(=O)Nc1ccccc12. The van der Waals surface area contributed by atoms with E-state index in [0.29, 0.717) is 32.5 Å². The third kappa shape index (κ3) is 2.19. The predicted octanol–water partition coefficient (Wildman–Crippen LogP) is 1.35. The van der Waals surface area contributed by atoms with Crippen LogP contribution in [0, 0.1) is 5.92 Å². The first kappa shape index (κ1) is 15.5. The van der Waals surface area contributed by atoms with Gasteiger partial charge in [-0.25, -0.2) is 9.67 Å². The summed E-state index contributed by atoms with van der Waals surface area (Å²) in [5.41, 5.74) is 1.53. The Kier molecular flexibility index (Phi) is 3.38. The summed E-state index contributed by atoms with van der Waals surface area (Å²) in [5.74, 6) is 1.19. The van der Waals surface area contributed by atoms with Crippen LogP contribution in [0.3, 0.4) is 0 Å². The molecule has 134 valence electrons. The van der Waals surface area contributed by atoms with Gasteiger partial charge in [0.15, 0.2) is 0 Å². The van der Waals surface area contributed by atoms with Gasteiger partial charge >= 0.3 is 0 Å². The van der Waals surface area contributed by atoms with Crippen molar-refractivity contribution >= 4 is 17.5 Å². The maximum atomic E-state index is 13.0. The minimum absolute atomic E-state index is 0.0389. The number of para-hydroxylation sites is 1. The number of aromatic nitrogens is 3. The Balaban J connectivity index is 1.31. The molecule has 1 saturated heterocycles. The molecule has 1 atom stereocenters. The summed E-state index contributed by atoms with van der Waals surface area (Å²) >= 11 is 0. The van der Waals surface area contributed by atoms with E-state index in [1.807, 2.05) is 33.8 Å². The molecule has 1 aromatic carbocycles. The zero-order chi connectivity index (χ0) is 17.7. The highest BCUT2D eigenvalue weighted by Crippen LogP contribution is 2.45. The Morgan fingerprint density at radius 1 is 1.23 bits per heavy atom. The first-order valence-corrected chi connectivity index (χ1v) is 9.24. The van der Waals surface area contributed by atoms with Gasteiger partial charge in [0.2, 0.25) is 11.8 Å². The number of rotatable bonds is 1. The molecular formula is C19H21N5O2. The van der Waals surface area contributed by atoms with Crippen LogP contribution in [0.1, 0.15) is 30.7 Å². The van der Waals surface area contributed by atoms with Crippen molar-refractivity contribution in [2.75, 3.05) is 18.4 Å². The van der Waals surface area contributed by atoms with Crippen molar-refractivity contribution in [1.29, 1.82) is 0 Å². The van der Waals surface area contributed by atoms with Crippen molar-refractivity contribution in [3.8, 4) is 0 Å². The van der Waals surface area contributed by atoms with Crippen molar-refractivity contribution in [3.63, 3.8) is 0 Å². The van der Waals surface area contributed by atoms with Crippen LogP contribution in [0.15, 0.2) is 30.6 Å². The smallest absolute Gasteiger partial charge is 0.235 e. The standard InChI is InChI=1S/C19H21N5O2/c25-17(13-5-6-16-20-12-21-24(16)11-13)23-9-7-19(8-10-23)14-3-1-2-4-15(14)22-18(19)26/h1-4,12-13H,5-11H2,(H,22,26). The summed E-state index contributed by atoms with van der Waals surface area (Å²) in [6, 6.07) is 7.92. The molecule has 26 heavy (non-hydrogen) atoms. The Labute approximate surface area is 151 Å². The monoisotopic (exact) mass is 351 g/mol. The van der Waals surface area contributed by atoms with Crippen LogP contribution >= 0.6 is 0 Å². The van der Waals surface area contributed by atoms with E-state index in [9.17, 15) is 9.59 Å². The van der Waals surface area contributed by atoms with Crippen molar-refractivity contribution in [2.45, 2.75) is 37.6 Å². The van der Waals surface area contributed by atoms with E-state index >= 15 is 0 Å². The van der Waals surface area contributed by atoms with E-state index in [4.69, 9.17) is 0 Å². The van der Waals surface area contributed by atoms with Crippen LogP contribution in [-0.4, -0.2) is 44.6 Å². The van der Waals surface area contributed by atoms with Crippen molar-refractivity contribution in [2.24, 2.45) is 5.92 Å². The zero-order valence-corrected chi connectivity index (χ0v) is 14.5. The molecule has 0 aliphatic carbocycles. The van der Waals surface area contributed by atoms with Gasteiger partial charge in [0.05, 0.1) is 17.9 Å². The predicted molar refractivity (Wildman–Crippen MR) is 94.4 cm³/mol. The molecule has 1 N–H and O–H groups in total. The van der Waals surface area contributed by atoms with Crippen LogP contribution in [0.2, 0.25) is 0 Å². The number of carbonyl (C=O) groups excluding carboxylic acids is 2. The van der Waals surface area contributed by atoms with Gasteiger partial charge in [-0.2, -0.15) is 5.10 Å². The van der Waals surface area contributed by atoms with Gasteiger partial charge in [-0.15, -0.1) is 0 Å².